The van der Waals surface area contributed by atoms with Crippen molar-refractivity contribution in [2.24, 2.45) is 0 Å². The molecule has 1 saturated heterocycles. The van der Waals surface area contributed by atoms with Gasteiger partial charge in [-0.05, 0) is 50.7 Å². The molecule has 1 aliphatic heterocycles. The highest BCUT2D eigenvalue weighted by atomic mass is 35.5. The smallest absolute Gasteiger partial charge is 0.158 e. The lowest BCUT2D eigenvalue weighted by Gasteiger charge is -2.30. The Morgan fingerprint density at radius 1 is 1.23 bits per heavy atom. The second-order valence-corrected chi connectivity index (χ2v) is 7.12. The number of nitrogens with one attached hydrogen (secondary N) is 1. The first-order valence-electron chi connectivity index (χ1n) is 8.63. The maximum absolute atomic E-state index is 14.4. The molecule has 4 rings (SSSR count). The lowest BCUT2D eigenvalue weighted by atomic mass is 10.0. The van der Waals surface area contributed by atoms with Crippen molar-refractivity contribution in [3.63, 3.8) is 0 Å². The van der Waals surface area contributed by atoms with Crippen LogP contribution in [-0.4, -0.2) is 46.3 Å². The van der Waals surface area contributed by atoms with Gasteiger partial charge in [-0.25, -0.2) is 4.39 Å². The summed E-state index contributed by atoms with van der Waals surface area (Å²) in [5.41, 5.74) is 0.866. The van der Waals surface area contributed by atoms with E-state index in [-0.39, 0.29) is 0 Å². The third-order valence-electron chi connectivity index (χ3n) is 4.73. The number of fused-ring (bicyclic) bond motifs is 1. The van der Waals surface area contributed by atoms with Crippen molar-refractivity contribution in [2.75, 3.05) is 25.5 Å². The van der Waals surface area contributed by atoms with Crippen molar-refractivity contribution in [3.05, 3.63) is 47.5 Å². The zero-order valence-corrected chi connectivity index (χ0v) is 15.2. The standard InChI is InChI=1S/C19H19ClFN5/c1-26-8-2-3-13(11-26)23-19-16-10-22-7-6-14(16)18(24-25-19)15-5-4-12(20)9-17(15)21/h4-7,9-10,13H,2-3,8,11H2,1H3,(H,23,25)/t13-/m1/s1. The molecule has 0 radical (unpaired) electrons. The molecule has 0 unspecified atom stereocenters. The van der Waals surface area contributed by atoms with E-state index >= 15 is 0 Å². The minimum atomic E-state index is -0.417. The number of halogens is 2. The molecule has 1 N–H and O–H groups in total. The van der Waals surface area contributed by atoms with Gasteiger partial charge in [0.2, 0.25) is 0 Å². The van der Waals surface area contributed by atoms with Gasteiger partial charge < -0.3 is 10.2 Å². The maximum Gasteiger partial charge on any atom is 0.158 e. The van der Waals surface area contributed by atoms with Crippen molar-refractivity contribution in [3.8, 4) is 11.3 Å². The van der Waals surface area contributed by atoms with Crippen LogP contribution in [0.5, 0.6) is 0 Å². The van der Waals surface area contributed by atoms with E-state index in [0.29, 0.717) is 28.1 Å². The molecule has 0 spiro atoms. The zero-order valence-electron chi connectivity index (χ0n) is 14.4. The minimum Gasteiger partial charge on any atom is -0.364 e. The van der Waals surface area contributed by atoms with Crippen LogP contribution in [0.25, 0.3) is 22.0 Å². The Hall–Kier alpha value is -2.31. The number of rotatable bonds is 3. The number of nitrogens with zero attached hydrogens (tertiary/aromatic N) is 4. The molecule has 0 saturated carbocycles. The molecule has 1 aliphatic rings. The van der Waals surface area contributed by atoms with Gasteiger partial charge in [0, 0.05) is 46.3 Å². The number of anilines is 1. The van der Waals surface area contributed by atoms with Gasteiger partial charge in [-0.3, -0.25) is 4.98 Å². The summed E-state index contributed by atoms with van der Waals surface area (Å²) < 4.78 is 14.4. The molecule has 7 heteroatoms. The topological polar surface area (TPSA) is 53.9 Å². The molecule has 1 atom stereocenters. The number of hydrogen-bond donors (Lipinski definition) is 1. The average Bonchev–Trinajstić information content (AvgIpc) is 2.63. The zero-order chi connectivity index (χ0) is 18.1. The molecule has 2 aromatic heterocycles. The fourth-order valence-electron chi connectivity index (χ4n) is 3.46. The second kappa shape index (κ2) is 7.13. The number of pyridine rings is 1. The first-order valence-corrected chi connectivity index (χ1v) is 9.00. The number of likely N-dealkylation sites (tertiary alicyclic amines) is 1. The number of hydrogen-bond acceptors (Lipinski definition) is 5. The predicted octanol–water partition coefficient (Wildman–Crippen LogP) is 3.99. The summed E-state index contributed by atoms with van der Waals surface area (Å²) in [6.45, 7) is 2.07. The molecule has 3 heterocycles. The fourth-order valence-corrected chi connectivity index (χ4v) is 3.62. The number of aromatic nitrogens is 3. The molecular formula is C19H19ClFN5. The Labute approximate surface area is 156 Å². The molecule has 0 bridgehead atoms. The van der Waals surface area contributed by atoms with E-state index in [9.17, 15) is 4.39 Å². The number of benzene rings is 1. The van der Waals surface area contributed by atoms with Crippen molar-refractivity contribution in [2.45, 2.75) is 18.9 Å². The molecule has 26 heavy (non-hydrogen) atoms. The van der Waals surface area contributed by atoms with Crippen LogP contribution in [0.1, 0.15) is 12.8 Å². The Kier molecular flexibility index (Phi) is 4.70. The van der Waals surface area contributed by atoms with E-state index in [1.165, 1.54) is 6.07 Å². The van der Waals surface area contributed by atoms with Crippen LogP contribution in [0.3, 0.4) is 0 Å². The van der Waals surface area contributed by atoms with Gasteiger partial charge in [-0.2, -0.15) is 0 Å². The van der Waals surface area contributed by atoms with Crippen LogP contribution in [0, 0.1) is 5.82 Å². The van der Waals surface area contributed by atoms with E-state index in [1.54, 1.807) is 24.5 Å². The highest BCUT2D eigenvalue weighted by Gasteiger charge is 2.20. The SMILES string of the molecule is CN1CCC[C@@H](Nc2nnc(-c3ccc(Cl)cc3F)c3ccncc23)C1. The Balaban J connectivity index is 1.76. The summed E-state index contributed by atoms with van der Waals surface area (Å²) >= 11 is 5.87. The highest BCUT2D eigenvalue weighted by Crippen LogP contribution is 2.32. The van der Waals surface area contributed by atoms with E-state index in [1.807, 2.05) is 6.07 Å². The van der Waals surface area contributed by atoms with Gasteiger partial charge in [0.15, 0.2) is 5.82 Å². The normalized spacial score (nSPS) is 18.2. The van der Waals surface area contributed by atoms with Gasteiger partial charge in [0.05, 0.1) is 0 Å². The molecule has 0 aliphatic carbocycles. The average molecular weight is 372 g/mol. The van der Waals surface area contributed by atoms with Crippen molar-refractivity contribution < 1.29 is 4.39 Å². The lowest BCUT2D eigenvalue weighted by Crippen LogP contribution is -2.40. The molecular weight excluding hydrogens is 353 g/mol. The molecule has 3 aromatic rings. The highest BCUT2D eigenvalue weighted by molar-refractivity contribution is 6.30. The number of piperidine rings is 1. The van der Waals surface area contributed by atoms with Crippen molar-refractivity contribution >= 4 is 28.2 Å². The van der Waals surface area contributed by atoms with Crippen LogP contribution in [-0.2, 0) is 0 Å². The summed E-state index contributed by atoms with van der Waals surface area (Å²) in [5, 5.41) is 14.1. The van der Waals surface area contributed by atoms with Gasteiger partial charge in [-0.1, -0.05) is 11.6 Å². The molecule has 5 nitrogen and oxygen atoms in total. The van der Waals surface area contributed by atoms with Gasteiger partial charge in [0.25, 0.3) is 0 Å². The summed E-state index contributed by atoms with van der Waals surface area (Å²) in [4.78, 5) is 6.52. The largest absolute Gasteiger partial charge is 0.364 e. The van der Waals surface area contributed by atoms with E-state index < -0.39 is 5.82 Å². The van der Waals surface area contributed by atoms with Crippen LogP contribution < -0.4 is 5.32 Å². The summed E-state index contributed by atoms with van der Waals surface area (Å²) in [5.74, 6) is 0.269. The summed E-state index contributed by atoms with van der Waals surface area (Å²) in [6, 6.07) is 6.72. The van der Waals surface area contributed by atoms with E-state index in [2.05, 4.69) is 32.4 Å². The monoisotopic (exact) mass is 371 g/mol. The van der Waals surface area contributed by atoms with E-state index in [4.69, 9.17) is 11.6 Å². The maximum atomic E-state index is 14.4. The Morgan fingerprint density at radius 2 is 2.12 bits per heavy atom. The van der Waals surface area contributed by atoms with Crippen LogP contribution >= 0.6 is 11.6 Å². The molecule has 1 aromatic carbocycles. The third-order valence-corrected chi connectivity index (χ3v) is 4.97. The number of likely N-dealkylation sites (N-methyl/N-ethyl adjacent to an activating group) is 1. The van der Waals surface area contributed by atoms with E-state index in [0.717, 1.165) is 36.7 Å². The van der Waals surface area contributed by atoms with Crippen molar-refractivity contribution in [1.82, 2.24) is 20.1 Å². The first-order chi connectivity index (χ1) is 12.6. The van der Waals surface area contributed by atoms with Crippen LogP contribution in [0.4, 0.5) is 10.2 Å². The summed E-state index contributed by atoms with van der Waals surface area (Å²) in [6.07, 6.45) is 5.66. The van der Waals surface area contributed by atoms with Gasteiger partial charge in [0.1, 0.15) is 11.5 Å². The Bertz CT molecular complexity index is 948. The quantitative estimate of drug-likeness (QED) is 0.754. The van der Waals surface area contributed by atoms with Crippen LogP contribution in [0.15, 0.2) is 36.7 Å². The second-order valence-electron chi connectivity index (χ2n) is 6.69. The lowest BCUT2D eigenvalue weighted by molar-refractivity contribution is 0.261. The molecule has 1 fully saturated rings. The van der Waals surface area contributed by atoms with Crippen molar-refractivity contribution in [1.29, 1.82) is 0 Å². The Morgan fingerprint density at radius 3 is 2.92 bits per heavy atom. The predicted molar refractivity (Wildman–Crippen MR) is 102 cm³/mol. The molecule has 134 valence electrons. The third kappa shape index (κ3) is 3.34. The first kappa shape index (κ1) is 17.1. The van der Waals surface area contributed by atoms with Gasteiger partial charge in [-0.15, -0.1) is 10.2 Å². The molecule has 0 amide bonds. The van der Waals surface area contributed by atoms with Crippen LogP contribution in [0.2, 0.25) is 5.02 Å². The van der Waals surface area contributed by atoms with Gasteiger partial charge >= 0.3 is 0 Å². The summed E-state index contributed by atoms with van der Waals surface area (Å²) in [7, 11) is 2.12. The minimum absolute atomic E-state index is 0.310. The fraction of sp³-hybridized carbons (Fsp3) is 0.316.